The number of hydrogen-bond donors (Lipinski definition) is 2. The molecule has 0 bridgehead atoms. The lowest BCUT2D eigenvalue weighted by Gasteiger charge is -2.18. The zero-order valence-electron chi connectivity index (χ0n) is 10.5. The molecule has 0 saturated heterocycles. The standard InChI is InChI=1S/C12H17BrN4S/c1-3-4-17-12(10(13)5-15-17)11(16-14)9-7-18-6-8(9)2/h5-7,11,16H,3-4,14H2,1-2H3. The van der Waals surface area contributed by atoms with E-state index in [1.165, 1.54) is 11.1 Å². The summed E-state index contributed by atoms with van der Waals surface area (Å²) in [4.78, 5) is 0. The lowest BCUT2D eigenvalue weighted by molar-refractivity contribution is 0.519. The van der Waals surface area contributed by atoms with Gasteiger partial charge in [0.05, 0.1) is 22.4 Å². The summed E-state index contributed by atoms with van der Waals surface area (Å²) in [6, 6.07) is -0.0281. The third-order valence-electron chi connectivity index (χ3n) is 2.91. The zero-order chi connectivity index (χ0) is 13.1. The molecule has 2 rings (SSSR count). The van der Waals surface area contributed by atoms with Gasteiger partial charge in [-0.1, -0.05) is 6.92 Å². The number of nitrogens with one attached hydrogen (secondary N) is 1. The van der Waals surface area contributed by atoms with Crippen molar-refractivity contribution >= 4 is 27.3 Å². The van der Waals surface area contributed by atoms with Gasteiger partial charge in [0.2, 0.25) is 0 Å². The average molecular weight is 329 g/mol. The molecule has 1 atom stereocenters. The summed E-state index contributed by atoms with van der Waals surface area (Å²) in [6.45, 7) is 5.13. The van der Waals surface area contributed by atoms with Crippen LogP contribution in [0.2, 0.25) is 0 Å². The van der Waals surface area contributed by atoms with Crippen molar-refractivity contribution in [1.82, 2.24) is 15.2 Å². The lowest BCUT2D eigenvalue weighted by Crippen LogP contribution is -2.31. The fraction of sp³-hybridized carbons (Fsp3) is 0.417. The number of rotatable bonds is 5. The molecule has 0 aromatic carbocycles. The summed E-state index contributed by atoms with van der Waals surface area (Å²) in [7, 11) is 0. The highest BCUT2D eigenvalue weighted by atomic mass is 79.9. The lowest BCUT2D eigenvalue weighted by atomic mass is 10.0. The van der Waals surface area contributed by atoms with Crippen molar-refractivity contribution in [2.75, 3.05) is 0 Å². The van der Waals surface area contributed by atoms with Crippen molar-refractivity contribution in [2.24, 2.45) is 5.84 Å². The summed E-state index contributed by atoms with van der Waals surface area (Å²) < 4.78 is 3.00. The minimum atomic E-state index is -0.0281. The molecule has 0 aliphatic rings. The molecule has 3 N–H and O–H groups in total. The molecule has 1 unspecified atom stereocenters. The summed E-state index contributed by atoms with van der Waals surface area (Å²) in [5.74, 6) is 5.75. The van der Waals surface area contributed by atoms with Crippen LogP contribution in [0.3, 0.4) is 0 Å². The van der Waals surface area contributed by atoms with E-state index in [-0.39, 0.29) is 6.04 Å². The van der Waals surface area contributed by atoms with Gasteiger partial charge in [-0.05, 0) is 51.2 Å². The van der Waals surface area contributed by atoms with Gasteiger partial charge in [0.15, 0.2) is 0 Å². The molecule has 18 heavy (non-hydrogen) atoms. The van der Waals surface area contributed by atoms with E-state index in [4.69, 9.17) is 5.84 Å². The molecule has 0 aliphatic heterocycles. The fourth-order valence-corrected chi connectivity index (χ4v) is 3.43. The third-order valence-corrected chi connectivity index (χ3v) is 4.41. The number of aromatic nitrogens is 2. The fourth-order valence-electron chi connectivity index (χ4n) is 2.03. The van der Waals surface area contributed by atoms with E-state index in [1.54, 1.807) is 11.3 Å². The first-order valence-corrected chi connectivity index (χ1v) is 7.62. The number of halogens is 1. The molecule has 2 aromatic heterocycles. The number of thiophene rings is 1. The molecular weight excluding hydrogens is 312 g/mol. The Hall–Kier alpha value is -0.690. The average Bonchev–Trinajstić information content (AvgIpc) is 2.91. The topological polar surface area (TPSA) is 55.9 Å². The Labute approximate surface area is 119 Å². The van der Waals surface area contributed by atoms with Crippen LogP contribution >= 0.6 is 27.3 Å². The van der Waals surface area contributed by atoms with Crippen LogP contribution in [0, 0.1) is 6.92 Å². The Bertz CT molecular complexity index is 520. The van der Waals surface area contributed by atoms with Crippen LogP contribution in [0.25, 0.3) is 0 Å². The van der Waals surface area contributed by atoms with Gasteiger partial charge in [-0.3, -0.25) is 10.5 Å². The molecule has 0 saturated carbocycles. The second kappa shape index (κ2) is 5.97. The number of hydrogen-bond acceptors (Lipinski definition) is 4. The maximum Gasteiger partial charge on any atom is 0.0900 e. The van der Waals surface area contributed by atoms with Gasteiger partial charge in [0.1, 0.15) is 0 Å². The normalized spacial score (nSPS) is 12.9. The molecule has 0 amide bonds. The van der Waals surface area contributed by atoms with Gasteiger partial charge >= 0.3 is 0 Å². The van der Waals surface area contributed by atoms with Crippen LogP contribution in [0.4, 0.5) is 0 Å². The Morgan fingerprint density at radius 2 is 2.33 bits per heavy atom. The quantitative estimate of drug-likeness (QED) is 0.655. The van der Waals surface area contributed by atoms with E-state index in [0.29, 0.717) is 0 Å². The molecule has 6 heteroatoms. The van der Waals surface area contributed by atoms with Crippen LogP contribution in [0.1, 0.15) is 36.2 Å². The molecule has 0 fully saturated rings. The van der Waals surface area contributed by atoms with Crippen molar-refractivity contribution < 1.29 is 0 Å². The first-order valence-electron chi connectivity index (χ1n) is 5.89. The monoisotopic (exact) mass is 328 g/mol. The van der Waals surface area contributed by atoms with E-state index in [0.717, 1.165) is 23.1 Å². The molecule has 0 radical (unpaired) electrons. The van der Waals surface area contributed by atoms with Crippen LogP contribution in [-0.2, 0) is 6.54 Å². The summed E-state index contributed by atoms with van der Waals surface area (Å²) in [5.41, 5.74) is 6.45. The molecule has 0 spiro atoms. The largest absolute Gasteiger partial charge is 0.271 e. The SMILES string of the molecule is CCCn1ncc(Br)c1C(NN)c1cscc1C. The van der Waals surface area contributed by atoms with Gasteiger partial charge < -0.3 is 0 Å². The third kappa shape index (κ3) is 2.51. The van der Waals surface area contributed by atoms with E-state index >= 15 is 0 Å². The molecule has 98 valence electrons. The molecule has 0 aliphatic carbocycles. The van der Waals surface area contributed by atoms with Gasteiger partial charge in [-0.15, -0.1) is 0 Å². The number of hydrazine groups is 1. The molecular formula is C12H17BrN4S. The minimum absolute atomic E-state index is 0.0281. The summed E-state index contributed by atoms with van der Waals surface area (Å²) in [5, 5.41) is 8.66. The number of aryl methyl sites for hydroxylation is 2. The highest BCUT2D eigenvalue weighted by molar-refractivity contribution is 9.10. The van der Waals surface area contributed by atoms with E-state index in [2.05, 4.69) is 51.1 Å². The maximum atomic E-state index is 5.75. The van der Waals surface area contributed by atoms with Crippen LogP contribution in [-0.4, -0.2) is 9.78 Å². The Balaban J connectivity index is 2.45. The van der Waals surface area contributed by atoms with Crippen molar-refractivity contribution in [3.05, 3.63) is 38.3 Å². The summed E-state index contributed by atoms with van der Waals surface area (Å²) in [6.07, 6.45) is 2.87. The molecule has 2 aromatic rings. The molecule has 4 nitrogen and oxygen atoms in total. The highest BCUT2D eigenvalue weighted by Crippen LogP contribution is 2.31. The molecule has 2 heterocycles. The van der Waals surface area contributed by atoms with Crippen molar-refractivity contribution in [3.63, 3.8) is 0 Å². The predicted molar refractivity (Wildman–Crippen MR) is 78.4 cm³/mol. The van der Waals surface area contributed by atoms with Crippen molar-refractivity contribution in [2.45, 2.75) is 32.9 Å². The highest BCUT2D eigenvalue weighted by Gasteiger charge is 2.22. The Morgan fingerprint density at radius 1 is 1.56 bits per heavy atom. The number of nitrogens with two attached hydrogens (primary N) is 1. The minimum Gasteiger partial charge on any atom is -0.271 e. The van der Waals surface area contributed by atoms with E-state index in [9.17, 15) is 0 Å². The summed E-state index contributed by atoms with van der Waals surface area (Å²) >= 11 is 5.25. The first-order chi connectivity index (χ1) is 8.69. The second-order valence-electron chi connectivity index (χ2n) is 4.21. The van der Waals surface area contributed by atoms with Gasteiger partial charge in [0, 0.05) is 6.54 Å². The van der Waals surface area contributed by atoms with Gasteiger partial charge in [-0.2, -0.15) is 16.4 Å². The van der Waals surface area contributed by atoms with Crippen molar-refractivity contribution in [3.8, 4) is 0 Å². The second-order valence-corrected chi connectivity index (χ2v) is 5.81. The first kappa shape index (κ1) is 13.7. The van der Waals surface area contributed by atoms with Crippen molar-refractivity contribution in [1.29, 1.82) is 0 Å². The van der Waals surface area contributed by atoms with Gasteiger partial charge in [0.25, 0.3) is 0 Å². The maximum absolute atomic E-state index is 5.75. The van der Waals surface area contributed by atoms with Crippen LogP contribution in [0.5, 0.6) is 0 Å². The van der Waals surface area contributed by atoms with Crippen LogP contribution < -0.4 is 11.3 Å². The number of nitrogens with zero attached hydrogens (tertiary/aromatic N) is 2. The van der Waals surface area contributed by atoms with Crippen LogP contribution in [0.15, 0.2) is 21.4 Å². The zero-order valence-corrected chi connectivity index (χ0v) is 12.9. The van der Waals surface area contributed by atoms with E-state index < -0.39 is 0 Å². The smallest absolute Gasteiger partial charge is 0.0900 e. The van der Waals surface area contributed by atoms with E-state index in [1.807, 2.05) is 10.9 Å². The Kier molecular flexibility index (Phi) is 4.55. The van der Waals surface area contributed by atoms with Gasteiger partial charge in [-0.25, -0.2) is 5.43 Å². The predicted octanol–water partition coefficient (Wildman–Crippen LogP) is 2.98. The Morgan fingerprint density at radius 3 is 2.89 bits per heavy atom.